The van der Waals surface area contributed by atoms with Crippen LogP contribution in [0.1, 0.15) is 25.3 Å². The van der Waals surface area contributed by atoms with Crippen LogP contribution in [0.5, 0.6) is 11.5 Å². The summed E-state index contributed by atoms with van der Waals surface area (Å²) in [6, 6.07) is 10.9. The third-order valence-electron chi connectivity index (χ3n) is 5.25. The molecule has 0 N–H and O–H groups in total. The van der Waals surface area contributed by atoms with Gasteiger partial charge in [0, 0.05) is 13.1 Å². The number of anilines is 1. The summed E-state index contributed by atoms with van der Waals surface area (Å²) >= 11 is 6.55. The molecule has 2 amide bonds. The van der Waals surface area contributed by atoms with Crippen molar-refractivity contribution >= 4 is 51.9 Å². The number of carbonyl (C=O) groups is 2. The predicted octanol–water partition coefficient (Wildman–Crippen LogP) is 4.63. The fraction of sp³-hybridized carbons (Fsp3) is 0.292. The van der Waals surface area contributed by atoms with E-state index in [1.807, 2.05) is 6.92 Å². The first-order chi connectivity index (χ1) is 16.0. The summed E-state index contributed by atoms with van der Waals surface area (Å²) in [5.74, 6) is 0.275. The molecule has 2 fully saturated rings. The summed E-state index contributed by atoms with van der Waals surface area (Å²) in [4.78, 5) is 28.9. The molecule has 0 bridgehead atoms. The van der Waals surface area contributed by atoms with Crippen molar-refractivity contribution in [1.82, 2.24) is 4.90 Å². The van der Waals surface area contributed by atoms with E-state index >= 15 is 0 Å². The Labute approximate surface area is 201 Å². The lowest BCUT2D eigenvalue weighted by Gasteiger charge is -2.17. The first-order valence-corrected chi connectivity index (χ1v) is 11.9. The van der Waals surface area contributed by atoms with Crippen molar-refractivity contribution in [2.45, 2.75) is 19.8 Å². The Balaban J connectivity index is 1.50. The Morgan fingerprint density at radius 1 is 1.12 bits per heavy atom. The molecule has 2 aromatic carbocycles. The number of rotatable bonds is 7. The van der Waals surface area contributed by atoms with E-state index in [1.165, 1.54) is 40.9 Å². The number of thioether (sulfide) groups is 1. The highest BCUT2D eigenvalue weighted by Crippen LogP contribution is 2.37. The molecule has 2 aliphatic heterocycles. The second-order valence-corrected chi connectivity index (χ2v) is 9.19. The molecule has 2 saturated heterocycles. The van der Waals surface area contributed by atoms with Crippen molar-refractivity contribution in [2.75, 3.05) is 31.2 Å². The van der Waals surface area contributed by atoms with Crippen molar-refractivity contribution in [1.29, 1.82) is 0 Å². The van der Waals surface area contributed by atoms with Gasteiger partial charge in [0.2, 0.25) is 0 Å². The SMILES string of the molecule is CCOc1cc(/C=C2\SC(=S)N(c3ccc(F)cc3)C2=O)ccc1OCC(=O)N1CCCC1. The number of halogens is 1. The molecule has 6 nitrogen and oxygen atoms in total. The largest absolute Gasteiger partial charge is 0.490 e. The van der Waals surface area contributed by atoms with Gasteiger partial charge in [0.05, 0.1) is 17.2 Å². The van der Waals surface area contributed by atoms with Gasteiger partial charge in [0.1, 0.15) is 5.82 Å². The highest BCUT2D eigenvalue weighted by molar-refractivity contribution is 8.27. The Morgan fingerprint density at radius 2 is 1.85 bits per heavy atom. The predicted molar refractivity (Wildman–Crippen MR) is 131 cm³/mol. The van der Waals surface area contributed by atoms with Crippen LogP contribution < -0.4 is 14.4 Å². The van der Waals surface area contributed by atoms with Crippen LogP contribution in [0.4, 0.5) is 10.1 Å². The molecule has 0 unspecified atom stereocenters. The second kappa shape index (κ2) is 10.4. The number of hydrogen-bond donors (Lipinski definition) is 0. The zero-order valence-electron chi connectivity index (χ0n) is 18.1. The number of benzene rings is 2. The maximum Gasteiger partial charge on any atom is 0.270 e. The molecule has 0 atom stereocenters. The van der Waals surface area contributed by atoms with Crippen LogP contribution >= 0.6 is 24.0 Å². The monoisotopic (exact) mass is 486 g/mol. The number of carbonyl (C=O) groups excluding carboxylic acids is 2. The molecular formula is C24H23FN2O4S2. The average molecular weight is 487 g/mol. The number of hydrogen-bond acceptors (Lipinski definition) is 6. The van der Waals surface area contributed by atoms with Crippen LogP contribution in [0.25, 0.3) is 6.08 Å². The molecule has 172 valence electrons. The minimum Gasteiger partial charge on any atom is -0.490 e. The molecule has 2 heterocycles. The van der Waals surface area contributed by atoms with Gasteiger partial charge in [0.15, 0.2) is 22.4 Å². The summed E-state index contributed by atoms with van der Waals surface area (Å²) in [7, 11) is 0. The van der Waals surface area contributed by atoms with Crippen molar-refractivity contribution < 1.29 is 23.5 Å². The van der Waals surface area contributed by atoms with Gasteiger partial charge in [-0.25, -0.2) is 4.39 Å². The van der Waals surface area contributed by atoms with Gasteiger partial charge in [-0.2, -0.15) is 0 Å². The van der Waals surface area contributed by atoms with E-state index in [2.05, 4.69) is 0 Å². The Morgan fingerprint density at radius 3 is 2.55 bits per heavy atom. The van der Waals surface area contributed by atoms with Crippen LogP contribution in [0.3, 0.4) is 0 Å². The van der Waals surface area contributed by atoms with Gasteiger partial charge < -0.3 is 14.4 Å². The maximum absolute atomic E-state index is 13.2. The lowest BCUT2D eigenvalue weighted by molar-refractivity contribution is -0.132. The zero-order chi connectivity index (χ0) is 23.4. The van der Waals surface area contributed by atoms with Gasteiger partial charge in [-0.05, 0) is 67.8 Å². The van der Waals surface area contributed by atoms with Crippen LogP contribution in [0.2, 0.25) is 0 Å². The minimum atomic E-state index is -0.382. The minimum absolute atomic E-state index is 0.0384. The van der Waals surface area contributed by atoms with E-state index in [9.17, 15) is 14.0 Å². The lowest BCUT2D eigenvalue weighted by atomic mass is 10.1. The van der Waals surface area contributed by atoms with Gasteiger partial charge in [-0.15, -0.1) is 0 Å². The normalized spacial score (nSPS) is 17.2. The van der Waals surface area contributed by atoms with Gasteiger partial charge in [-0.3, -0.25) is 14.5 Å². The molecule has 33 heavy (non-hydrogen) atoms. The summed E-state index contributed by atoms with van der Waals surface area (Å²) in [5, 5.41) is 0. The quantitative estimate of drug-likeness (QED) is 0.420. The standard InChI is InChI=1S/C24H23FN2O4S2/c1-2-30-20-13-16(5-10-19(20)31-15-22(28)26-11-3-4-12-26)14-21-23(29)27(24(32)33-21)18-8-6-17(25)7-9-18/h5-10,13-14H,2-4,11-12,15H2,1H3/b21-14-. The van der Waals surface area contributed by atoms with E-state index in [4.69, 9.17) is 21.7 Å². The maximum atomic E-state index is 13.2. The van der Waals surface area contributed by atoms with Crippen molar-refractivity contribution in [3.05, 3.63) is 58.8 Å². The fourth-order valence-corrected chi connectivity index (χ4v) is 4.93. The van der Waals surface area contributed by atoms with Crippen molar-refractivity contribution in [2.24, 2.45) is 0 Å². The molecule has 0 saturated carbocycles. The summed E-state index contributed by atoms with van der Waals surface area (Å²) < 4.78 is 25.1. The smallest absolute Gasteiger partial charge is 0.270 e. The van der Waals surface area contributed by atoms with Crippen LogP contribution in [0.15, 0.2) is 47.4 Å². The Hall–Kier alpha value is -2.91. The molecule has 2 aliphatic rings. The molecule has 2 aromatic rings. The number of ether oxygens (including phenoxy) is 2. The van der Waals surface area contributed by atoms with E-state index in [0.29, 0.717) is 33.0 Å². The third-order valence-corrected chi connectivity index (χ3v) is 6.56. The number of likely N-dealkylation sites (tertiary alicyclic amines) is 1. The Kier molecular flexibility index (Phi) is 7.29. The number of amides is 2. The molecule has 0 radical (unpaired) electrons. The highest BCUT2D eigenvalue weighted by Gasteiger charge is 2.33. The average Bonchev–Trinajstić information content (AvgIpc) is 3.43. The highest BCUT2D eigenvalue weighted by atomic mass is 32.2. The summed E-state index contributed by atoms with van der Waals surface area (Å²) in [6.07, 6.45) is 3.78. The van der Waals surface area contributed by atoms with E-state index in [0.717, 1.165) is 31.5 Å². The van der Waals surface area contributed by atoms with Crippen molar-refractivity contribution in [3.63, 3.8) is 0 Å². The zero-order valence-corrected chi connectivity index (χ0v) is 19.7. The van der Waals surface area contributed by atoms with Gasteiger partial charge in [0.25, 0.3) is 11.8 Å². The fourth-order valence-electron chi connectivity index (χ4n) is 3.63. The van der Waals surface area contributed by atoms with E-state index < -0.39 is 0 Å². The van der Waals surface area contributed by atoms with E-state index in [1.54, 1.807) is 29.2 Å². The number of nitrogens with zero attached hydrogens (tertiary/aromatic N) is 2. The van der Waals surface area contributed by atoms with E-state index in [-0.39, 0.29) is 24.2 Å². The van der Waals surface area contributed by atoms with Gasteiger partial charge in [-0.1, -0.05) is 30.0 Å². The van der Waals surface area contributed by atoms with Crippen LogP contribution in [0, 0.1) is 5.82 Å². The molecular weight excluding hydrogens is 463 g/mol. The molecule has 0 aliphatic carbocycles. The van der Waals surface area contributed by atoms with Crippen LogP contribution in [-0.4, -0.2) is 47.3 Å². The topological polar surface area (TPSA) is 59.1 Å². The third kappa shape index (κ3) is 5.36. The number of thiocarbonyl (C=S) groups is 1. The molecule has 9 heteroatoms. The van der Waals surface area contributed by atoms with Crippen molar-refractivity contribution in [3.8, 4) is 11.5 Å². The van der Waals surface area contributed by atoms with Gasteiger partial charge >= 0.3 is 0 Å². The Bertz CT molecular complexity index is 1100. The summed E-state index contributed by atoms with van der Waals surface area (Å²) in [6.45, 7) is 3.78. The molecule has 4 rings (SSSR count). The first kappa shape index (κ1) is 23.3. The summed E-state index contributed by atoms with van der Waals surface area (Å²) in [5.41, 5.74) is 1.25. The second-order valence-electron chi connectivity index (χ2n) is 7.51. The van der Waals surface area contributed by atoms with Crippen LogP contribution in [-0.2, 0) is 9.59 Å². The lowest BCUT2D eigenvalue weighted by Crippen LogP contribution is -2.32. The molecule has 0 spiro atoms. The first-order valence-electron chi connectivity index (χ1n) is 10.7. The molecule has 0 aromatic heterocycles.